The first kappa shape index (κ1) is 10.3. The van der Waals surface area contributed by atoms with Crippen LogP contribution in [0.3, 0.4) is 0 Å². The fourth-order valence-corrected chi connectivity index (χ4v) is 2.78. The van der Waals surface area contributed by atoms with Crippen molar-refractivity contribution in [3.05, 3.63) is 47.5 Å². The third kappa shape index (κ3) is 1.18. The number of aromatic amines is 1. The third-order valence-electron chi connectivity index (χ3n) is 3.65. The van der Waals surface area contributed by atoms with E-state index in [-0.39, 0.29) is 5.78 Å². The number of benzene rings is 2. The minimum absolute atomic E-state index is 0.0550. The van der Waals surface area contributed by atoms with E-state index in [9.17, 15) is 4.79 Å². The van der Waals surface area contributed by atoms with Crippen molar-refractivity contribution in [3.8, 4) is 11.3 Å². The number of carbonyl (C=O) groups excluding carboxylic acids is 1. The summed E-state index contributed by atoms with van der Waals surface area (Å²) in [6.07, 6.45) is 0. The Morgan fingerprint density at radius 2 is 1.89 bits per heavy atom. The van der Waals surface area contributed by atoms with Crippen molar-refractivity contribution in [2.45, 2.75) is 0 Å². The Morgan fingerprint density at radius 3 is 2.68 bits per heavy atom. The Labute approximate surface area is 109 Å². The number of fused-ring (bicyclic) bond motifs is 2. The molecule has 0 saturated carbocycles. The van der Waals surface area contributed by atoms with E-state index in [2.05, 4.69) is 15.5 Å². The Balaban J connectivity index is 2.23. The molecule has 0 radical (unpaired) electrons. The number of anilines is 1. The molecule has 1 aromatic heterocycles. The van der Waals surface area contributed by atoms with Crippen LogP contribution in [0, 0.1) is 0 Å². The average molecular weight is 249 g/mol. The number of rotatable bonds is 1. The lowest BCUT2D eigenvalue weighted by Crippen LogP contribution is -2.11. The lowest BCUT2D eigenvalue weighted by Gasteiger charge is -2.17. The van der Waals surface area contributed by atoms with Crippen molar-refractivity contribution < 1.29 is 4.79 Å². The van der Waals surface area contributed by atoms with Gasteiger partial charge in [-0.2, -0.15) is 5.10 Å². The van der Waals surface area contributed by atoms with Crippen molar-refractivity contribution in [2.24, 2.45) is 0 Å². The summed E-state index contributed by atoms with van der Waals surface area (Å²) >= 11 is 0. The molecule has 0 aliphatic heterocycles. The zero-order valence-electron chi connectivity index (χ0n) is 10.3. The van der Waals surface area contributed by atoms with Gasteiger partial charge in [-0.15, -0.1) is 0 Å². The summed E-state index contributed by atoms with van der Waals surface area (Å²) in [6, 6.07) is 11.5. The molecule has 0 saturated heterocycles. The van der Waals surface area contributed by atoms with Crippen molar-refractivity contribution in [1.29, 1.82) is 0 Å². The maximum absolute atomic E-state index is 12.7. The van der Waals surface area contributed by atoms with Crippen molar-refractivity contribution in [1.82, 2.24) is 10.2 Å². The molecule has 19 heavy (non-hydrogen) atoms. The van der Waals surface area contributed by atoms with Gasteiger partial charge in [0.15, 0.2) is 5.78 Å². The van der Waals surface area contributed by atoms with Gasteiger partial charge < -0.3 is 5.32 Å². The van der Waals surface area contributed by atoms with Crippen LogP contribution >= 0.6 is 0 Å². The van der Waals surface area contributed by atoms with Gasteiger partial charge in [0.05, 0.1) is 11.1 Å². The van der Waals surface area contributed by atoms with E-state index in [1.807, 2.05) is 43.4 Å². The second kappa shape index (κ2) is 3.45. The SMILES string of the molecule is CNc1ccc2[nH]nc3c2c1C(=O)c1ccccc1-3. The molecule has 1 heterocycles. The predicted molar refractivity (Wildman–Crippen MR) is 74.5 cm³/mol. The molecule has 0 spiro atoms. The van der Waals surface area contributed by atoms with E-state index < -0.39 is 0 Å². The predicted octanol–water partition coefficient (Wildman–Crippen LogP) is 2.82. The Morgan fingerprint density at radius 1 is 1.11 bits per heavy atom. The highest BCUT2D eigenvalue weighted by Gasteiger charge is 2.29. The molecule has 4 rings (SSSR count). The van der Waals surface area contributed by atoms with Gasteiger partial charge in [-0.3, -0.25) is 9.89 Å². The molecule has 1 aliphatic carbocycles. The van der Waals surface area contributed by atoms with Crippen LogP contribution in [0.5, 0.6) is 0 Å². The summed E-state index contributed by atoms with van der Waals surface area (Å²) in [6.45, 7) is 0. The average Bonchev–Trinajstić information content (AvgIpc) is 2.89. The minimum atomic E-state index is 0.0550. The molecular weight excluding hydrogens is 238 g/mol. The molecule has 0 atom stereocenters. The summed E-state index contributed by atoms with van der Waals surface area (Å²) in [4.78, 5) is 12.7. The van der Waals surface area contributed by atoms with Crippen LogP contribution in [0.15, 0.2) is 36.4 Å². The monoisotopic (exact) mass is 249 g/mol. The Bertz CT molecular complexity index is 833. The van der Waals surface area contributed by atoms with Crippen LogP contribution in [0.2, 0.25) is 0 Å². The standard InChI is InChI=1S/C15H11N3O/c1-16-10-6-7-11-12-13(10)15(19)9-5-3-2-4-8(9)14(12)18-17-11/h2-7,16H,1H3,(H,17,18). The minimum Gasteiger partial charge on any atom is -0.388 e. The van der Waals surface area contributed by atoms with E-state index in [0.29, 0.717) is 11.1 Å². The highest BCUT2D eigenvalue weighted by atomic mass is 16.1. The van der Waals surface area contributed by atoms with Gasteiger partial charge in [-0.1, -0.05) is 24.3 Å². The highest BCUT2D eigenvalue weighted by Crippen LogP contribution is 2.40. The van der Waals surface area contributed by atoms with Gasteiger partial charge in [0.25, 0.3) is 0 Å². The first-order chi connectivity index (χ1) is 9.31. The lowest BCUT2D eigenvalue weighted by atomic mass is 9.86. The molecule has 3 aromatic rings. The zero-order valence-corrected chi connectivity index (χ0v) is 10.3. The largest absolute Gasteiger partial charge is 0.388 e. The molecule has 0 fully saturated rings. The number of ketones is 1. The maximum Gasteiger partial charge on any atom is 0.196 e. The molecule has 2 aromatic carbocycles. The number of nitrogens with zero attached hydrogens (tertiary/aromatic N) is 1. The quantitative estimate of drug-likeness (QED) is 0.545. The second-order valence-electron chi connectivity index (χ2n) is 4.61. The van der Waals surface area contributed by atoms with Crippen LogP contribution in [0.25, 0.3) is 22.2 Å². The summed E-state index contributed by atoms with van der Waals surface area (Å²) in [5.41, 5.74) is 4.92. The van der Waals surface area contributed by atoms with Crippen molar-refractivity contribution in [3.63, 3.8) is 0 Å². The Kier molecular flexibility index (Phi) is 1.87. The van der Waals surface area contributed by atoms with Gasteiger partial charge in [0.1, 0.15) is 5.69 Å². The van der Waals surface area contributed by atoms with Crippen LogP contribution in [0.4, 0.5) is 5.69 Å². The van der Waals surface area contributed by atoms with Crippen LogP contribution < -0.4 is 5.32 Å². The number of hydrogen-bond acceptors (Lipinski definition) is 3. The molecule has 0 unspecified atom stereocenters. The van der Waals surface area contributed by atoms with Crippen molar-refractivity contribution in [2.75, 3.05) is 12.4 Å². The first-order valence-electron chi connectivity index (χ1n) is 6.14. The second-order valence-corrected chi connectivity index (χ2v) is 4.61. The summed E-state index contributed by atoms with van der Waals surface area (Å²) in [5, 5.41) is 11.4. The number of nitrogens with one attached hydrogen (secondary N) is 2. The number of H-pyrrole nitrogens is 1. The van der Waals surface area contributed by atoms with E-state index >= 15 is 0 Å². The molecule has 0 bridgehead atoms. The Hall–Kier alpha value is -2.62. The molecule has 4 heteroatoms. The van der Waals surface area contributed by atoms with Gasteiger partial charge in [-0.05, 0) is 12.1 Å². The molecular formula is C15H11N3O. The zero-order chi connectivity index (χ0) is 13.0. The summed E-state index contributed by atoms with van der Waals surface area (Å²) in [5.74, 6) is 0.0550. The first-order valence-corrected chi connectivity index (χ1v) is 6.14. The van der Waals surface area contributed by atoms with E-state index in [0.717, 1.165) is 27.8 Å². The number of carbonyl (C=O) groups is 1. The van der Waals surface area contributed by atoms with Crippen LogP contribution in [-0.2, 0) is 0 Å². The normalized spacial score (nSPS) is 12.6. The van der Waals surface area contributed by atoms with Gasteiger partial charge >= 0.3 is 0 Å². The van der Waals surface area contributed by atoms with E-state index in [1.54, 1.807) is 0 Å². The third-order valence-corrected chi connectivity index (χ3v) is 3.65. The molecule has 1 aliphatic rings. The van der Waals surface area contributed by atoms with Crippen LogP contribution in [-0.4, -0.2) is 23.0 Å². The topological polar surface area (TPSA) is 57.8 Å². The number of aromatic nitrogens is 2. The lowest BCUT2D eigenvalue weighted by molar-refractivity contribution is 0.104. The molecule has 4 nitrogen and oxygen atoms in total. The molecule has 92 valence electrons. The maximum atomic E-state index is 12.7. The van der Waals surface area contributed by atoms with E-state index in [4.69, 9.17) is 0 Å². The fourth-order valence-electron chi connectivity index (χ4n) is 2.78. The number of hydrogen-bond donors (Lipinski definition) is 2. The molecule has 0 amide bonds. The van der Waals surface area contributed by atoms with Gasteiger partial charge in [0.2, 0.25) is 0 Å². The van der Waals surface area contributed by atoms with Gasteiger partial charge in [-0.25, -0.2) is 0 Å². The van der Waals surface area contributed by atoms with Crippen LogP contribution in [0.1, 0.15) is 15.9 Å². The molecule has 2 N–H and O–H groups in total. The van der Waals surface area contributed by atoms with Crippen molar-refractivity contribution >= 4 is 22.4 Å². The summed E-state index contributed by atoms with van der Waals surface area (Å²) < 4.78 is 0. The highest BCUT2D eigenvalue weighted by molar-refractivity contribution is 6.27. The van der Waals surface area contributed by atoms with E-state index in [1.165, 1.54) is 0 Å². The fraction of sp³-hybridized carbons (Fsp3) is 0.0667. The van der Waals surface area contributed by atoms with Gasteiger partial charge in [0, 0.05) is 29.2 Å². The summed E-state index contributed by atoms with van der Waals surface area (Å²) in [7, 11) is 1.82. The smallest absolute Gasteiger partial charge is 0.196 e.